The van der Waals surface area contributed by atoms with Crippen LogP contribution in [-0.2, 0) is 16.1 Å². The summed E-state index contributed by atoms with van der Waals surface area (Å²) in [4.78, 5) is 24.6. The molecule has 2 rings (SSSR count). The van der Waals surface area contributed by atoms with Gasteiger partial charge >= 0.3 is 5.97 Å². The van der Waals surface area contributed by atoms with Crippen LogP contribution in [0.3, 0.4) is 0 Å². The highest BCUT2D eigenvalue weighted by molar-refractivity contribution is 7.09. The van der Waals surface area contributed by atoms with E-state index >= 15 is 0 Å². The third-order valence-corrected chi connectivity index (χ3v) is 4.33. The average molecular weight is 363 g/mol. The summed E-state index contributed by atoms with van der Waals surface area (Å²) in [5.74, 6) is -0.803. The van der Waals surface area contributed by atoms with Gasteiger partial charge in [0.25, 0.3) is 5.91 Å². The first-order valence-electron chi connectivity index (χ1n) is 7.70. The van der Waals surface area contributed by atoms with Crippen LogP contribution in [0.1, 0.15) is 28.6 Å². The number of ether oxygens (including phenoxy) is 2. The molecule has 0 aliphatic heterocycles. The molecule has 134 valence electrons. The summed E-state index contributed by atoms with van der Waals surface area (Å²) < 4.78 is 10.7. The molecule has 7 heteroatoms. The van der Waals surface area contributed by atoms with Crippen molar-refractivity contribution >= 4 is 23.2 Å². The Hall–Kier alpha value is -2.38. The van der Waals surface area contributed by atoms with Gasteiger partial charge in [0.1, 0.15) is 12.4 Å². The van der Waals surface area contributed by atoms with Crippen LogP contribution in [0, 0.1) is 0 Å². The number of aliphatic carboxylic acids is 1. The molecule has 1 atom stereocenters. The summed E-state index contributed by atoms with van der Waals surface area (Å²) in [5, 5.41) is 13.8. The Bertz CT molecular complexity index is 716. The van der Waals surface area contributed by atoms with E-state index in [-0.39, 0.29) is 18.9 Å². The first kappa shape index (κ1) is 19.0. The maximum absolute atomic E-state index is 12.5. The number of amides is 1. The fraction of sp³-hybridized carbons (Fsp3) is 0.333. The number of benzene rings is 1. The molecule has 0 saturated heterocycles. The number of carbonyl (C=O) groups is 2. The smallest absolute Gasteiger partial charge is 0.305 e. The summed E-state index contributed by atoms with van der Waals surface area (Å²) in [7, 11) is 1.46. The molecule has 0 fully saturated rings. The summed E-state index contributed by atoms with van der Waals surface area (Å²) in [6, 6.07) is 10.7. The predicted octanol–water partition coefficient (Wildman–Crippen LogP) is 2.94. The van der Waals surface area contributed by atoms with Crippen molar-refractivity contribution in [2.45, 2.75) is 25.5 Å². The molecule has 0 radical (unpaired) electrons. The Morgan fingerprint density at radius 2 is 2.08 bits per heavy atom. The van der Waals surface area contributed by atoms with Gasteiger partial charge in [0.15, 0.2) is 0 Å². The zero-order chi connectivity index (χ0) is 18.3. The Kier molecular flexibility index (Phi) is 6.55. The molecule has 0 aliphatic carbocycles. The van der Waals surface area contributed by atoms with Crippen LogP contribution < -0.4 is 10.1 Å². The third-order valence-electron chi connectivity index (χ3n) is 3.48. The van der Waals surface area contributed by atoms with Gasteiger partial charge in [-0.3, -0.25) is 9.59 Å². The molecule has 0 spiro atoms. The van der Waals surface area contributed by atoms with E-state index in [0.717, 1.165) is 4.88 Å². The monoisotopic (exact) mass is 363 g/mol. The third kappa shape index (κ3) is 5.88. The van der Waals surface area contributed by atoms with Crippen molar-refractivity contribution in [3.8, 4) is 5.75 Å². The summed E-state index contributed by atoms with van der Waals surface area (Å²) in [5.41, 5.74) is -0.595. The number of hydrogen-bond acceptors (Lipinski definition) is 5. The Morgan fingerprint density at radius 3 is 2.72 bits per heavy atom. The molecule has 0 aliphatic rings. The van der Waals surface area contributed by atoms with Gasteiger partial charge in [-0.05, 0) is 36.6 Å². The van der Waals surface area contributed by atoms with E-state index < -0.39 is 11.5 Å². The fourth-order valence-electron chi connectivity index (χ4n) is 2.41. The van der Waals surface area contributed by atoms with Crippen molar-refractivity contribution in [1.82, 2.24) is 5.32 Å². The first-order chi connectivity index (χ1) is 11.9. The lowest BCUT2D eigenvalue weighted by Gasteiger charge is -2.28. The zero-order valence-electron chi connectivity index (χ0n) is 14.2. The molecule has 0 bridgehead atoms. The van der Waals surface area contributed by atoms with Crippen molar-refractivity contribution in [2.75, 3.05) is 13.7 Å². The second-order valence-electron chi connectivity index (χ2n) is 5.91. The summed E-state index contributed by atoms with van der Waals surface area (Å²) in [6.45, 7) is 2.17. The SMILES string of the molecule is COCC(C)(CC(=O)O)NC(=O)c1cccc(OCc2cccs2)c1. The number of methoxy groups -OCH3 is 1. The Balaban J connectivity index is 2.05. The number of thiophene rings is 1. The van der Waals surface area contributed by atoms with Gasteiger partial charge in [0.05, 0.1) is 18.6 Å². The van der Waals surface area contributed by atoms with Crippen LogP contribution in [-0.4, -0.2) is 36.2 Å². The number of carbonyl (C=O) groups excluding carboxylic acids is 1. The van der Waals surface area contributed by atoms with Gasteiger partial charge in [0.2, 0.25) is 0 Å². The molecule has 1 heterocycles. The van der Waals surface area contributed by atoms with Crippen LogP contribution in [0.25, 0.3) is 0 Å². The topological polar surface area (TPSA) is 84.9 Å². The molecule has 1 amide bonds. The molecule has 1 aromatic heterocycles. The number of hydrogen-bond donors (Lipinski definition) is 2. The number of carboxylic acid groups (broad SMARTS) is 1. The molecule has 2 aromatic rings. The van der Waals surface area contributed by atoms with Gasteiger partial charge in [-0.2, -0.15) is 0 Å². The van der Waals surface area contributed by atoms with E-state index in [2.05, 4.69) is 5.32 Å². The van der Waals surface area contributed by atoms with Crippen molar-refractivity contribution in [2.24, 2.45) is 0 Å². The van der Waals surface area contributed by atoms with E-state index in [9.17, 15) is 9.59 Å². The van der Waals surface area contributed by atoms with E-state index in [1.165, 1.54) is 7.11 Å². The highest BCUT2D eigenvalue weighted by Crippen LogP contribution is 2.18. The highest BCUT2D eigenvalue weighted by atomic mass is 32.1. The molecule has 25 heavy (non-hydrogen) atoms. The number of nitrogens with one attached hydrogen (secondary N) is 1. The Labute approximate surface area is 150 Å². The Morgan fingerprint density at radius 1 is 1.28 bits per heavy atom. The maximum Gasteiger partial charge on any atom is 0.305 e. The largest absolute Gasteiger partial charge is 0.488 e. The molecular formula is C18H21NO5S. The lowest BCUT2D eigenvalue weighted by atomic mass is 9.98. The molecule has 2 N–H and O–H groups in total. The minimum atomic E-state index is -1.01. The van der Waals surface area contributed by atoms with Crippen LogP contribution in [0.4, 0.5) is 0 Å². The second-order valence-corrected chi connectivity index (χ2v) is 6.95. The molecular weight excluding hydrogens is 342 g/mol. The molecule has 6 nitrogen and oxygen atoms in total. The van der Waals surface area contributed by atoms with E-state index in [1.807, 2.05) is 17.5 Å². The summed E-state index contributed by atoms with van der Waals surface area (Å²) in [6.07, 6.45) is -0.235. The maximum atomic E-state index is 12.5. The minimum Gasteiger partial charge on any atom is -0.488 e. The molecule has 0 saturated carbocycles. The predicted molar refractivity (Wildman–Crippen MR) is 95.1 cm³/mol. The van der Waals surface area contributed by atoms with Crippen LogP contribution in [0.15, 0.2) is 41.8 Å². The normalized spacial score (nSPS) is 13.0. The average Bonchev–Trinajstić information content (AvgIpc) is 3.05. The molecule has 1 unspecified atom stereocenters. The van der Waals surface area contributed by atoms with Gasteiger partial charge in [-0.25, -0.2) is 0 Å². The van der Waals surface area contributed by atoms with Crippen molar-refractivity contribution in [3.05, 3.63) is 52.2 Å². The van der Waals surface area contributed by atoms with E-state index in [1.54, 1.807) is 42.5 Å². The van der Waals surface area contributed by atoms with E-state index in [4.69, 9.17) is 14.6 Å². The number of rotatable bonds is 9. The lowest BCUT2D eigenvalue weighted by Crippen LogP contribution is -2.50. The fourth-order valence-corrected chi connectivity index (χ4v) is 3.02. The van der Waals surface area contributed by atoms with Gasteiger partial charge in [0, 0.05) is 17.6 Å². The van der Waals surface area contributed by atoms with E-state index in [0.29, 0.717) is 17.9 Å². The molecule has 1 aromatic carbocycles. The second kappa shape index (κ2) is 8.64. The van der Waals surface area contributed by atoms with Crippen molar-refractivity contribution in [3.63, 3.8) is 0 Å². The standard InChI is InChI=1S/C18H21NO5S/c1-18(12-23-2,10-16(20)21)19-17(22)13-5-3-6-14(9-13)24-11-15-7-4-8-25-15/h3-9H,10-12H2,1-2H3,(H,19,22)(H,20,21). The zero-order valence-corrected chi connectivity index (χ0v) is 15.0. The van der Waals surface area contributed by atoms with Crippen molar-refractivity contribution in [1.29, 1.82) is 0 Å². The van der Waals surface area contributed by atoms with Gasteiger partial charge in [-0.1, -0.05) is 12.1 Å². The van der Waals surface area contributed by atoms with Crippen molar-refractivity contribution < 1.29 is 24.2 Å². The summed E-state index contributed by atoms with van der Waals surface area (Å²) >= 11 is 1.60. The lowest BCUT2D eigenvalue weighted by molar-refractivity contribution is -0.139. The van der Waals surface area contributed by atoms with Gasteiger partial charge in [-0.15, -0.1) is 11.3 Å². The highest BCUT2D eigenvalue weighted by Gasteiger charge is 2.30. The minimum absolute atomic E-state index is 0.0968. The quantitative estimate of drug-likeness (QED) is 0.715. The van der Waals surface area contributed by atoms with Gasteiger partial charge < -0.3 is 19.9 Å². The first-order valence-corrected chi connectivity index (χ1v) is 8.58. The van der Waals surface area contributed by atoms with Crippen LogP contribution in [0.5, 0.6) is 5.75 Å². The van der Waals surface area contributed by atoms with Crippen LogP contribution in [0.2, 0.25) is 0 Å². The van der Waals surface area contributed by atoms with Crippen LogP contribution >= 0.6 is 11.3 Å². The number of carboxylic acids is 1.